The minimum absolute atomic E-state index is 0.342. The Labute approximate surface area is 116 Å². The van der Waals surface area contributed by atoms with E-state index in [4.69, 9.17) is 4.74 Å². The normalized spacial score (nSPS) is 10.7. The molecule has 0 unspecified atom stereocenters. The summed E-state index contributed by atoms with van der Waals surface area (Å²) in [6, 6.07) is 15.6. The Bertz CT molecular complexity index is 748. The molecule has 4 heteroatoms. The van der Waals surface area contributed by atoms with Crippen molar-refractivity contribution in [1.82, 2.24) is 9.78 Å². The summed E-state index contributed by atoms with van der Waals surface area (Å²) in [4.78, 5) is 11.9. The van der Waals surface area contributed by atoms with Crippen LogP contribution in [0.1, 0.15) is 15.9 Å². The average Bonchev–Trinajstić information content (AvgIpc) is 2.91. The predicted octanol–water partition coefficient (Wildman–Crippen LogP) is 2.87. The SMILES string of the molecule is COC(=O)c1cccc2cnn(Cc3ccccc3)c12. The van der Waals surface area contributed by atoms with Gasteiger partial charge in [0.05, 0.1) is 30.9 Å². The van der Waals surface area contributed by atoms with Gasteiger partial charge in [0, 0.05) is 5.39 Å². The molecule has 1 heterocycles. The van der Waals surface area contributed by atoms with Crippen LogP contribution in [0.3, 0.4) is 0 Å². The first kappa shape index (κ1) is 12.4. The van der Waals surface area contributed by atoms with Crippen molar-refractivity contribution in [2.45, 2.75) is 6.54 Å². The fraction of sp³-hybridized carbons (Fsp3) is 0.125. The molecule has 1 aromatic heterocycles. The Kier molecular flexibility index (Phi) is 3.21. The highest BCUT2D eigenvalue weighted by Crippen LogP contribution is 2.20. The van der Waals surface area contributed by atoms with Crippen LogP contribution in [0.5, 0.6) is 0 Å². The minimum atomic E-state index is -0.342. The van der Waals surface area contributed by atoms with Crippen LogP contribution in [0.4, 0.5) is 0 Å². The molecule has 3 rings (SSSR count). The second-order valence-electron chi connectivity index (χ2n) is 4.52. The predicted molar refractivity (Wildman–Crippen MR) is 76.6 cm³/mol. The zero-order valence-corrected chi connectivity index (χ0v) is 11.1. The van der Waals surface area contributed by atoms with E-state index in [2.05, 4.69) is 5.10 Å². The number of para-hydroxylation sites is 1. The molecule has 0 amide bonds. The number of esters is 1. The fourth-order valence-corrected chi connectivity index (χ4v) is 2.29. The fourth-order valence-electron chi connectivity index (χ4n) is 2.29. The average molecular weight is 266 g/mol. The lowest BCUT2D eigenvalue weighted by molar-refractivity contribution is 0.0602. The summed E-state index contributed by atoms with van der Waals surface area (Å²) in [6.07, 6.45) is 1.77. The molecular formula is C16H14N2O2. The van der Waals surface area contributed by atoms with Gasteiger partial charge in [-0.05, 0) is 11.6 Å². The number of rotatable bonds is 3. The highest BCUT2D eigenvalue weighted by Gasteiger charge is 2.14. The van der Waals surface area contributed by atoms with Crippen LogP contribution >= 0.6 is 0 Å². The Hall–Kier alpha value is -2.62. The Morgan fingerprint density at radius 2 is 1.95 bits per heavy atom. The van der Waals surface area contributed by atoms with Gasteiger partial charge < -0.3 is 4.74 Å². The molecule has 0 radical (unpaired) electrons. The first-order valence-electron chi connectivity index (χ1n) is 6.36. The van der Waals surface area contributed by atoms with Crippen molar-refractivity contribution in [3.63, 3.8) is 0 Å². The summed E-state index contributed by atoms with van der Waals surface area (Å²) in [5, 5.41) is 5.31. The summed E-state index contributed by atoms with van der Waals surface area (Å²) >= 11 is 0. The molecule has 0 saturated heterocycles. The maximum absolute atomic E-state index is 11.9. The molecule has 20 heavy (non-hydrogen) atoms. The van der Waals surface area contributed by atoms with Gasteiger partial charge in [0.15, 0.2) is 0 Å². The molecule has 0 N–H and O–H groups in total. The standard InChI is InChI=1S/C16H14N2O2/c1-20-16(19)14-9-5-8-13-10-17-18(15(13)14)11-12-6-3-2-4-7-12/h2-10H,11H2,1H3. The number of ether oxygens (including phenoxy) is 1. The molecule has 4 nitrogen and oxygen atoms in total. The number of carbonyl (C=O) groups is 1. The van der Waals surface area contributed by atoms with E-state index < -0.39 is 0 Å². The number of hydrogen-bond donors (Lipinski definition) is 0. The summed E-state index contributed by atoms with van der Waals surface area (Å²) in [5.41, 5.74) is 2.49. The molecule has 0 spiro atoms. The monoisotopic (exact) mass is 266 g/mol. The topological polar surface area (TPSA) is 44.1 Å². The van der Waals surface area contributed by atoms with Gasteiger partial charge >= 0.3 is 5.97 Å². The summed E-state index contributed by atoms with van der Waals surface area (Å²) < 4.78 is 6.67. The highest BCUT2D eigenvalue weighted by molar-refractivity contribution is 6.02. The summed E-state index contributed by atoms with van der Waals surface area (Å²) in [6.45, 7) is 0.623. The van der Waals surface area contributed by atoms with E-state index >= 15 is 0 Å². The molecule has 0 fully saturated rings. The van der Waals surface area contributed by atoms with Crippen molar-refractivity contribution in [3.8, 4) is 0 Å². The van der Waals surface area contributed by atoms with Crippen LogP contribution in [0.25, 0.3) is 10.9 Å². The zero-order valence-electron chi connectivity index (χ0n) is 11.1. The molecule has 0 bridgehead atoms. The lowest BCUT2D eigenvalue weighted by Gasteiger charge is -2.07. The van der Waals surface area contributed by atoms with E-state index in [0.717, 1.165) is 16.5 Å². The maximum Gasteiger partial charge on any atom is 0.340 e. The molecule has 3 aromatic rings. The van der Waals surface area contributed by atoms with E-state index in [-0.39, 0.29) is 5.97 Å². The van der Waals surface area contributed by atoms with Gasteiger partial charge in [-0.25, -0.2) is 4.79 Å². The molecule has 100 valence electrons. The number of methoxy groups -OCH3 is 1. The van der Waals surface area contributed by atoms with Crippen molar-refractivity contribution in [2.75, 3.05) is 7.11 Å². The second-order valence-corrected chi connectivity index (χ2v) is 4.52. The number of carbonyl (C=O) groups excluding carboxylic acids is 1. The van der Waals surface area contributed by atoms with Gasteiger partial charge in [-0.2, -0.15) is 5.10 Å². The Morgan fingerprint density at radius 3 is 2.70 bits per heavy atom. The summed E-state index contributed by atoms with van der Waals surface area (Å²) in [5.74, 6) is -0.342. The smallest absolute Gasteiger partial charge is 0.340 e. The van der Waals surface area contributed by atoms with E-state index in [9.17, 15) is 4.79 Å². The highest BCUT2D eigenvalue weighted by atomic mass is 16.5. The van der Waals surface area contributed by atoms with E-state index in [1.807, 2.05) is 47.1 Å². The number of benzene rings is 2. The van der Waals surface area contributed by atoms with Crippen molar-refractivity contribution in [1.29, 1.82) is 0 Å². The van der Waals surface area contributed by atoms with Gasteiger partial charge in [-0.15, -0.1) is 0 Å². The van der Waals surface area contributed by atoms with E-state index in [1.54, 1.807) is 12.3 Å². The quantitative estimate of drug-likeness (QED) is 0.685. The van der Waals surface area contributed by atoms with Crippen LogP contribution < -0.4 is 0 Å². The van der Waals surface area contributed by atoms with Crippen molar-refractivity contribution >= 4 is 16.9 Å². The molecule has 0 aliphatic carbocycles. The van der Waals surface area contributed by atoms with Gasteiger partial charge in [-0.3, -0.25) is 4.68 Å². The molecule has 0 saturated carbocycles. The second kappa shape index (κ2) is 5.17. The van der Waals surface area contributed by atoms with Crippen LogP contribution in [0, 0.1) is 0 Å². The largest absolute Gasteiger partial charge is 0.465 e. The number of aromatic nitrogens is 2. The third-order valence-corrected chi connectivity index (χ3v) is 3.24. The first-order chi connectivity index (χ1) is 9.79. The third-order valence-electron chi connectivity index (χ3n) is 3.24. The van der Waals surface area contributed by atoms with Crippen LogP contribution in [0.15, 0.2) is 54.7 Å². The van der Waals surface area contributed by atoms with Crippen molar-refractivity contribution in [3.05, 3.63) is 65.9 Å². The summed E-state index contributed by atoms with van der Waals surface area (Å²) in [7, 11) is 1.39. The van der Waals surface area contributed by atoms with Gasteiger partial charge in [0.25, 0.3) is 0 Å². The van der Waals surface area contributed by atoms with Gasteiger partial charge in [0.1, 0.15) is 0 Å². The molecular weight excluding hydrogens is 252 g/mol. The number of fused-ring (bicyclic) bond motifs is 1. The first-order valence-corrected chi connectivity index (χ1v) is 6.36. The minimum Gasteiger partial charge on any atom is -0.465 e. The zero-order chi connectivity index (χ0) is 13.9. The Balaban J connectivity index is 2.10. The van der Waals surface area contributed by atoms with E-state index in [0.29, 0.717) is 12.1 Å². The lowest BCUT2D eigenvalue weighted by Crippen LogP contribution is -2.07. The molecule has 0 aliphatic rings. The van der Waals surface area contributed by atoms with Gasteiger partial charge in [0.2, 0.25) is 0 Å². The van der Waals surface area contributed by atoms with Crippen molar-refractivity contribution in [2.24, 2.45) is 0 Å². The van der Waals surface area contributed by atoms with Crippen LogP contribution in [-0.4, -0.2) is 22.9 Å². The molecule has 2 aromatic carbocycles. The van der Waals surface area contributed by atoms with Crippen LogP contribution in [-0.2, 0) is 11.3 Å². The lowest BCUT2D eigenvalue weighted by atomic mass is 10.1. The number of nitrogens with zero attached hydrogens (tertiary/aromatic N) is 2. The maximum atomic E-state index is 11.9. The van der Waals surface area contributed by atoms with Crippen molar-refractivity contribution < 1.29 is 9.53 Å². The van der Waals surface area contributed by atoms with E-state index in [1.165, 1.54) is 7.11 Å². The molecule has 0 atom stereocenters. The Morgan fingerprint density at radius 1 is 1.15 bits per heavy atom. The number of hydrogen-bond acceptors (Lipinski definition) is 3. The van der Waals surface area contributed by atoms with Gasteiger partial charge in [-0.1, -0.05) is 42.5 Å². The van der Waals surface area contributed by atoms with Crippen LogP contribution in [0.2, 0.25) is 0 Å². The third kappa shape index (κ3) is 2.16. The molecule has 0 aliphatic heterocycles.